The number of carbonyl (C=O) groups excluding carboxylic acids is 1. The second-order valence-corrected chi connectivity index (χ2v) is 7.00. The lowest BCUT2D eigenvalue weighted by molar-refractivity contribution is 0.0240. The molecule has 3 heterocycles. The van der Waals surface area contributed by atoms with E-state index in [1.54, 1.807) is 12.0 Å². The molecule has 23 heavy (non-hydrogen) atoms. The number of hydrogen-bond donors (Lipinski definition) is 0. The van der Waals surface area contributed by atoms with E-state index in [0.29, 0.717) is 25.5 Å². The second kappa shape index (κ2) is 5.96. The van der Waals surface area contributed by atoms with Crippen LogP contribution in [-0.2, 0) is 29.2 Å². The van der Waals surface area contributed by atoms with Crippen LogP contribution >= 0.6 is 0 Å². The Morgan fingerprint density at radius 2 is 1.96 bits per heavy atom. The molecule has 1 saturated heterocycles. The van der Waals surface area contributed by atoms with Gasteiger partial charge in [0.15, 0.2) is 5.82 Å². The lowest BCUT2D eigenvalue weighted by atomic mass is 10.1. The number of fused-ring (bicyclic) bond motifs is 1. The molecule has 2 aliphatic rings. The third kappa shape index (κ3) is 3.39. The summed E-state index contributed by atoms with van der Waals surface area (Å²) in [4.78, 5) is 25.4. The molecule has 1 aromatic heterocycles. The van der Waals surface area contributed by atoms with Crippen molar-refractivity contribution in [3.8, 4) is 0 Å². The Labute approximate surface area is 136 Å². The van der Waals surface area contributed by atoms with Gasteiger partial charge in [0, 0.05) is 25.8 Å². The normalized spacial score (nSPS) is 17.0. The average Bonchev–Trinajstić information content (AvgIpc) is 2.79. The molecule has 1 fully saturated rings. The van der Waals surface area contributed by atoms with Gasteiger partial charge in [-0.2, -0.15) is 0 Å². The average molecular weight is 320 g/mol. The van der Waals surface area contributed by atoms with Crippen LogP contribution in [0.2, 0.25) is 0 Å². The number of ether oxygens (including phenoxy) is 2. The summed E-state index contributed by atoms with van der Waals surface area (Å²) in [5, 5.41) is 0. The summed E-state index contributed by atoms with van der Waals surface area (Å²) in [6.07, 6.45) is 0.868. The Bertz CT molecular complexity index is 608. The molecule has 0 atom stereocenters. The van der Waals surface area contributed by atoms with Crippen molar-refractivity contribution < 1.29 is 14.3 Å². The van der Waals surface area contributed by atoms with E-state index in [9.17, 15) is 4.79 Å². The highest BCUT2D eigenvalue weighted by Gasteiger charge is 2.33. The van der Waals surface area contributed by atoms with Gasteiger partial charge in [-0.05, 0) is 27.2 Å². The summed E-state index contributed by atoms with van der Waals surface area (Å²) >= 11 is 0. The molecule has 7 heteroatoms. The van der Waals surface area contributed by atoms with E-state index in [1.807, 2.05) is 20.8 Å². The zero-order valence-electron chi connectivity index (χ0n) is 14.3. The Kier molecular flexibility index (Phi) is 4.14. The minimum atomic E-state index is -0.501. The fourth-order valence-corrected chi connectivity index (χ4v) is 2.73. The highest BCUT2D eigenvalue weighted by Crippen LogP contribution is 2.32. The van der Waals surface area contributed by atoms with Gasteiger partial charge in [0.1, 0.15) is 18.0 Å². The largest absolute Gasteiger partial charge is 0.444 e. The van der Waals surface area contributed by atoms with E-state index in [-0.39, 0.29) is 6.09 Å². The molecule has 0 spiro atoms. The monoisotopic (exact) mass is 320 g/mol. The predicted octanol–water partition coefficient (Wildman–Crippen LogP) is 2.08. The van der Waals surface area contributed by atoms with Crippen molar-refractivity contribution in [1.82, 2.24) is 14.9 Å². The van der Waals surface area contributed by atoms with Crippen LogP contribution < -0.4 is 4.90 Å². The maximum atomic E-state index is 12.3. The molecule has 3 rings (SSSR count). The minimum absolute atomic E-state index is 0.307. The zero-order valence-corrected chi connectivity index (χ0v) is 14.3. The molecule has 0 unspecified atom stereocenters. The van der Waals surface area contributed by atoms with Crippen molar-refractivity contribution in [2.24, 2.45) is 0 Å². The van der Waals surface area contributed by atoms with E-state index in [2.05, 4.69) is 14.9 Å². The molecule has 1 aromatic rings. The van der Waals surface area contributed by atoms with Crippen molar-refractivity contribution in [3.05, 3.63) is 17.1 Å². The molecule has 0 bridgehead atoms. The lowest BCUT2D eigenvalue weighted by Gasteiger charge is -2.33. The smallest absolute Gasteiger partial charge is 0.410 e. The highest BCUT2D eigenvalue weighted by atomic mass is 16.6. The van der Waals surface area contributed by atoms with E-state index >= 15 is 0 Å². The molecule has 0 N–H and O–H groups in total. The van der Waals surface area contributed by atoms with Crippen molar-refractivity contribution in [1.29, 1.82) is 0 Å². The van der Waals surface area contributed by atoms with Crippen LogP contribution in [0.15, 0.2) is 0 Å². The van der Waals surface area contributed by atoms with Gasteiger partial charge in [0.05, 0.1) is 18.8 Å². The van der Waals surface area contributed by atoms with Gasteiger partial charge >= 0.3 is 6.09 Å². The van der Waals surface area contributed by atoms with Gasteiger partial charge in [-0.3, -0.25) is 4.90 Å². The Hall–Kier alpha value is -1.89. The van der Waals surface area contributed by atoms with Gasteiger partial charge in [-0.25, -0.2) is 14.8 Å². The van der Waals surface area contributed by atoms with Crippen LogP contribution in [0.1, 0.15) is 44.3 Å². The van der Waals surface area contributed by atoms with Crippen molar-refractivity contribution >= 4 is 11.9 Å². The maximum absolute atomic E-state index is 12.3. The van der Waals surface area contributed by atoms with Crippen molar-refractivity contribution in [2.75, 3.05) is 25.1 Å². The first-order valence-corrected chi connectivity index (χ1v) is 7.98. The van der Waals surface area contributed by atoms with E-state index < -0.39 is 5.60 Å². The first-order valence-electron chi connectivity index (χ1n) is 7.98. The molecule has 1 amide bonds. The third-order valence-electron chi connectivity index (χ3n) is 3.89. The van der Waals surface area contributed by atoms with Crippen LogP contribution in [-0.4, -0.2) is 46.8 Å². The number of amides is 1. The van der Waals surface area contributed by atoms with E-state index in [0.717, 1.165) is 30.2 Å². The molecule has 126 valence electrons. The first-order chi connectivity index (χ1) is 10.9. The fourth-order valence-electron chi connectivity index (χ4n) is 2.73. The van der Waals surface area contributed by atoms with Crippen LogP contribution in [0.3, 0.4) is 0 Å². The van der Waals surface area contributed by atoms with Crippen LogP contribution in [0.25, 0.3) is 0 Å². The number of carbonyl (C=O) groups is 1. The molecule has 0 aromatic carbocycles. The van der Waals surface area contributed by atoms with Crippen LogP contribution in [0.4, 0.5) is 10.6 Å². The number of hydrogen-bond acceptors (Lipinski definition) is 6. The number of aromatic nitrogens is 2. The molecule has 0 aliphatic carbocycles. The summed E-state index contributed by atoms with van der Waals surface area (Å²) in [5.74, 6) is 1.61. The second-order valence-electron chi connectivity index (χ2n) is 7.00. The minimum Gasteiger partial charge on any atom is -0.444 e. The quantitative estimate of drug-likeness (QED) is 0.849. The number of nitrogens with zero attached hydrogens (tertiary/aromatic N) is 4. The molecule has 2 aliphatic heterocycles. The number of methoxy groups -OCH3 is 1. The highest BCUT2D eigenvalue weighted by molar-refractivity contribution is 5.70. The lowest BCUT2D eigenvalue weighted by Crippen LogP contribution is -2.39. The molecule has 0 saturated carbocycles. The zero-order chi connectivity index (χ0) is 16.6. The molecular formula is C16H24N4O3. The first kappa shape index (κ1) is 16.0. The Balaban J connectivity index is 1.84. The summed E-state index contributed by atoms with van der Waals surface area (Å²) in [6.45, 7) is 8.96. The number of rotatable bonds is 3. The van der Waals surface area contributed by atoms with E-state index in [4.69, 9.17) is 9.47 Å². The molecule has 0 radical (unpaired) electrons. The standard InChI is InChI=1S/C16H24N4O3/c1-16(2,3)23-15(21)20-8-11-12(9-20)17-13(10-22-4)18-14(11)19-6-5-7-19/h5-10H2,1-4H3. The van der Waals surface area contributed by atoms with Crippen LogP contribution in [0.5, 0.6) is 0 Å². The summed E-state index contributed by atoms with van der Waals surface area (Å²) in [6, 6.07) is 0. The Morgan fingerprint density at radius 1 is 1.22 bits per heavy atom. The van der Waals surface area contributed by atoms with Crippen molar-refractivity contribution in [2.45, 2.75) is 52.5 Å². The summed E-state index contributed by atoms with van der Waals surface area (Å²) in [7, 11) is 1.63. The SMILES string of the molecule is COCc1nc2c(c(N3CCC3)n1)CN(C(=O)OC(C)(C)C)C2. The van der Waals surface area contributed by atoms with Gasteiger partial charge in [-0.15, -0.1) is 0 Å². The van der Waals surface area contributed by atoms with Crippen LogP contribution in [0, 0.1) is 0 Å². The topological polar surface area (TPSA) is 67.8 Å². The number of anilines is 1. The van der Waals surface area contributed by atoms with Gasteiger partial charge in [0.25, 0.3) is 0 Å². The molecule has 7 nitrogen and oxygen atoms in total. The van der Waals surface area contributed by atoms with Gasteiger partial charge in [0.2, 0.25) is 0 Å². The Morgan fingerprint density at radius 3 is 2.52 bits per heavy atom. The fraction of sp³-hybridized carbons (Fsp3) is 0.688. The maximum Gasteiger partial charge on any atom is 0.410 e. The van der Waals surface area contributed by atoms with Gasteiger partial charge < -0.3 is 14.4 Å². The summed E-state index contributed by atoms with van der Waals surface area (Å²) < 4.78 is 10.6. The van der Waals surface area contributed by atoms with Gasteiger partial charge in [-0.1, -0.05) is 0 Å². The van der Waals surface area contributed by atoms with E-state index in [1.165, 1.54) is 6.42 Å². The molecular weight excluding hydrogens is 296 g/mol. The van der Waals surface area contributed by atoms with Crippen molar-refractivity contribution in [3.63, 3.8) is 0 Å². The summed E-state index contributed by atoms with van der Waals surface area (Å²) in [5.41, 5.74) is 1.44. The third-order valence-corrected chi connectivity index (χ3v) is 3.89. The predicted molar refractivity (Wildman–Crippen MR) is 85.1 cm³/mol.